The monoisotopic (exact) mass is 751 g/mol. The Labute approximate surface area is 318 Å². The van der Waals surface area contributed by atoms with Crippen LogP contribution < -0.4 is 4.90 Å². The molecule has 1 aliphatic heterocycles. The highest BCUT2D eigenvalue weighted by Gasteiger charge is 2.41. The van der Waals surface area contributed by atoms with Gasteiger partial charge in [-0.15, -0.1) is 4.33 Å². The van der Waals surface area contributed by atoms with Crippen molar-refractivity contribution in [2.24, 2.45) is 0 Å². The van der Waals surface area contributed by atoms with E-state index in [0.29, 0.717) is 18.6 Å². The molecule has 2 aliphatic rings. The molecule has 53 heavy (non-hydrogen) atoms. The summed E-state index contributed by atoms with van der Waals surface area (Å²) in [7, 11) is -3.99. The lowest BCUT2D eigenvalue weighted by molar-refractivity contribution is -0.432. The zero-order valence-corrected chi connectivity index (χ0v) is 32.6. The fourth-order valence-electron chi connectivity index (χ4n) is 8.27. The minimum absolute atomic E-state index is 0.204. The first-order valence-electron chi connectivity index (χ1n) is 18.3. The van der Waals surface area contributed by atoms with Crippen LogP contribution in [0.5, 0.6) is 0 Å². The summed E-state index contributed by atoms with van der Waals surface area (Å²) in [5.41, 5.74) is 8.37. The zero-order chi connectivity index (χ0) is 37.6. The predicted molar refractivity (Wildman–Crippen MR) is 220 cm³/mol. The van der Waals surface area contributed by atoms with E-state index in [0.717, 1.165) is 37.8 Å². The van der Waals surface area contributed by atoms with Crippen LogP contribution in [0.15, 0.2) is 127 Å². The molecule has 0 saturated carbocycles. The Morgan fingerprint density at radius 3 is 2.13 bits per heavy atom. The number of nitrogens with zero attached hydrogens (tertiary/aromatic N) is 1. The molecule has 4 aromatic rings. The average Bonchev–Trinajstić information content (AvgIpc) is 3.49. The van der Waals surface area contributed by atoms with Crippen molar-refractivity contribution in [2.45, 2.75) is 70.6 Å². The zero-order valence-electron chi connectivity index (χ0n) is 30.9. The molecule has 6 rings (SSSR count). The number of hydrogen-bond acceptors (Lipinski definition) is 7. The minimum atomic E-state index is -3.99. The van der Waals surface area contributed by atoms with Crippen LogP contribution in [-0.2, 0) is 30.3 Å². The van der Waals surface area contributed by atoms with E-state index in [1.54, 1.807) is 0 Å². The molecule has 0 spiro atoms. The first kappa shape index (κ1) is 38.8. The van der Waals surface area contributed by atoms with Crippen molar-refractivity contribution in [1.82, 2.24) is 0 Å². The van der Waals surface area contributed by atoms with Gasteiger partial charge in [0, 0.05) is 46.6 Å². The Balaban J connectivity index is 1.23. The molecule has 0 amide bonds. The van der Waals surface area contributed by atoms with Crippen molar-refractivity contribution in [2.75, 3.05) is 23.0 Å². The van der Waals surface area contributed by atoms with E-state index in [9.17, 15) is 13.0 Å². The first-order valence-corrected chi connectivity index (χ1v) is 20.8. The molecule has 0 saturated heterocycles. The maximum Gasteiger partial charge on any atom is 0.264 e. The third-order valence-electron chi connectivity index (χ3n) is 10.6. The van der Waals surface area contributed by atoms with Crippen molar-refractivity contribution in [1.29, 1.82) is 0 Å². The highest BCUT2D eigenvalue weighted by molar-refractivity contribution is 7.94. The first-order chi connectivity index (χ1) is 25.4. The van der Waals surface area contributed by atoms with Gasteiger partial charge in [-0.1, -0.05) is 136 Å². The van der Waals surface area contributed by atoms with Crippen molar-refractivity contribution >= 4 is 55.0 Å². The van der Waals surface area contributed by atoms with E-state index in [4.69, 9.17) is 5.26 Å². The summed E-state index contributed by atoms with van der Waals surface area (Å²) in [5, 5.41) is 17.1. The molecule has 1 aliphatic carbocycles. The van der Waals surface area contributed by atoms with Crippen LogP contribution in [0.3, 0.4) is 0 Å². The number of allylic oxidation sites excluding steroid dienone is 10. The molecule has 0 atom stereocenters. The van der Waals surface area contributed by atoms with Crippen LogP contribution in [0.25, 0.3) is 27.1 Å². The normalized spacial score (nSPS) is 17.5. The third kappa shape index (κ3) is 8.41. The van der Waals surface area contributed by atoms with Crippen LogP contribution in [0.1, 0.15) is 76.5 Å². The smallest absolute Gasteiger partial charge is 0.264 e. The van der Waals surface area contributed by atoms with Gasteiger partial charge >= 0.3 is 0 Å². The van der Waals surface area contributed by atoms with Crippen LogP contribution in [0, 0.1) is 0 Å². The number of benzene rings is 4. The summed E-state index contributed by atoms with van der Waals surface area (Å²) in [6.45, 7) is 10.00. The summed E-state index contributed by atoms with van der Waals surface area (Å²) in [6, 6.07) is 25.9. The predicted octanol–water partition coefficient (Wildman–Crippen LogP) is 11.3. The van der Waals surface area contributed by atoms with Crippen molar-refractivity contribution < 1.29 is 27.6 Å². The molecule has 278 valence electrons. The summed E-state index contributed by atoms with van der Waals surface area (Å²) < 4.78 is 36.6. The van der Waals surface area contributed by atoms with Crippen LogP contribution in [0.2, 0.25) is 0 Å². The van der Waals surface area contributed by atoms with Gasteiger partial charge < -0.3 is 4.90 Å². The SMILES string of the molecule is CC1(C)C(/C=C/C=C/C=C/C=C2/N(CCCCSOOO)c3ccc4ccccc4c3C2(C)C)=C(CCCCS(=O)(=O)O)c2ccc3ccccc3c21. The van der Waals surface area contributed by atoms with Crippen LogP contribution >= 0.6 is 12.0 Å². The molecule has 2 N–H and O–H groups in total. The fourth-order valence-corrected chi connectivity index (χ4v) is 9.27. The molecule has 1 heterocycles. The molecule has 4 aromatic carbocycles. The molecule has 0 bridgehead atoms. The topological polar surface area (TPSA) is 96.3 Å². The molecular weight excluding hydrogens is 703 g/mol. The van der Waals surface area contributed by atoms with Gasteiger partial charge in [-0.2, -0.15) is 8.42 Å². The molecule has 0 unspecified atom stereocenters. The summed E-state index contributed by atoms with van der Waals surface area (Å²) in [6.07, 6.45) is 18.5. The lowest BCUT2D eigenvalue weighted by atomic mass is 9.79. The molecule has 0 fully saturated rings. The Bertz CT molecular complexity index is 2230. The van der Waals surface area contributed by atoms with Gasteiger partial charge in [0.1, 0.15) is 0 Å². The minimum Gasteiger partial charge on any atom is -0.344 e. The van der Waals surface area contributed by atoms with E-state index < -0.39 is 10.1 Å². The van der Waals surface area contributed by atoms with Gasteiger partial charge in [0.05, 0.1) is 5.75 Å². The molecule has 0 aromatic heterocycles. The second-order valence-electron chi connectivity index (χ2n) is 14.8. The van der Waals surface area contributed by atoms with Gasteiger partial charge in [0.2, 0.25) is 0 Å². The van der Waals surface area contributed by atoms with Crippen molar-refractivity contribution in [3.8, 4) is 0 Å². The van der Waals surface area contributed by atoms with Gasteiger partial charge in [-0.3, -0.25) is 4.55 Å². The van der Waals surface area contributed by atoms with Crippen molar-refractivity contribution in [3.05, 3.63) is 143 Å². The Hall–Kier alpha value is -3.96. The second-order valence-corrected chi connectivity index (χ2v) is 17.1. The van der Waals surface area contributed by atoms with E-state index >= 15 is 0 Å². The molecule has 7 nitrogen and oxygen atoms in total. The molecule has 0 radical (unpaired) electrons. The summed E-state index contributed by atoms with van der Waals surface area (Å²) in [4.78, 5) is 2.44. The van der Waals surface area contributed by atoms with Gasteiger partial charge in [-0.25, -0.2) is 5.26 Å². The van der Waals surface area contributed by atoms with E-state index in [-0.39, 0.29) is 16.6 Å². The van der Waals surface area contributed by atoms with E-state index in [1.165, 1.54) is 60.8 Å². The average molecular weight is 752 g/mol. The van der Waals surface area contributed by atoms with Gasteiger partial charge in [0.15, 0.2) is 0 Å². The number of rotatable bonds is 16. The highest BCUT2D eigenvalue weighted by Crippen LogP contribution is 2.52. The highest BCUT2D eigenvalue weighted by atomic mass is 32.2. The van der Waals surface area contributed by atoms with Gasteiger partial charge in [-0.05, 0) is 93.6 Å². The standard InChI is InChI=1S/C44H49NO6S2/c1-43(2)38(36(22-14-17-31-53(47,48)49)37-27-25-32-18-10-12-20-34(32)41(37)43)23-8-6-5-7-9-24-40-44(3,4)42-35-21-13-11-19-33(35)26-28-39(42)45(40)29-15-16-30-52-51-50-46/h5-13,18-21,23-28,46H,14-17,22,29-31H2,1-4H3,(H,47,48,49)/b6-5+,9-7+,23-8+,40-24+. The van der Waals surface area contributed by atoms with E-state index in [1.807, 2.05) is 0 Å². The Morgan fingerprint density at radius 2 is 1.42 bits per heavy atom. The fraction of sp³-hybridized carbons (Fsp3) is 0.318. The van der Waals surface area contributed by atoms with Crippen LogP contribution in [-0.4, -0.2) is 36.3 Å². The lowest BCUT2D eigenvalue weighted by Crippen LogP contribution is -2.27. The molecule has 9 heteroatoms. The van der Waals surface area contributed by atoms with E-state index in [2.05, 4.69) is 157 Å². The van der Waals surface area contributed by atoms with Crippen molar-refractivity contribution in [3.63, 3.8) is 0 Å². The number of fused-ring (bicyclic) bond motifs is 6. The molecular formula is C44H49NO6S2. The number of anilines is 1. The van der Waals surface area contributed by atoms with Gasteiger partial charge in [0.25, 0.3) is 10.1 Å². The van der Waals surface area contributed by atoms with Crippen LogP contribution in [0.4, 0.5) is 5.69 Å². The quantitative estimate of drug-likeness (QED) is 0.0292. The largest absolute Gasteiger partial charge is 0.344 e. The second kappa shape index (κ2) is 16.6. The Kier molecular flexibility index (Phi) is 12.1. The number of hydrogen-bond donors (Lipinski definition) is 2. The third-order valence-corrected chi connectivity index (χ3v) is 12.0. The maximum absolute atomic E-state index is 11.4. The summed E-state index contributed by atoms with van der Waals surface area (Å²) >= 11 is 1.10. The Morgan fingerprint density at radius 1 is 0.755 bits per heavy atom. The summed E-state index contributed by atoms with van der Waals surface area (Å²) in [5.74, 6) is 0.490. The lowest BCUT2D eigenvalue weighted by Gasteiger charge is -2.27. The number of unbranched alkanes of at least 4 members (excludes halogenated alkanes) is 2. The maximum atomic E-state index is 11.4.